The summed E-state index contributed by atoms with van der Waals surface area (Å²) in [4.78, 5) is 17.3. The second kappa shape index (κ2) is 13.8. The van der Waals surface area contributed by atoms with E-state index in [4.69, 9.17) is 15.0 Å². The van der Waals surface area contributed by atoms with Crippen molar-refractivity contribution in [3.8, 4) is 56.0 Å². The Kier molecular flexibility index (Phi) is 7.92. The molecule has 0 saturated carbocycles. The lowest BCUT2D eigenvalue weighted by atomic mass is 9.90. The van der Waals surface area contributed by atoms with E-state index >= 15 is 0 Å². The largest absolute Gasteiger partial charge is 0.246 e. The summed E-state index contributed by atoms with van der Waals surface area (Å²) in [6, 6.07) is 62.8. The van der Waals surface area contributed by atoms with Crippen LogP contribution in [-0.4, -0.2) is 20.2 Å². The van der Waals surface area contributed by atoms with Gasteiger partial charge in [-0.15, -0.1) is 11.8 Å². The lowest BCUT2D eigenvalue weighted by Gasteiger charge is -2.16. The molecular formula is C55H35N3S. The minimum Gasteiger partial charge on any atom is -0.246 e. The van der Waals surface area contributed by atoms with Crippen LogP contribution in [0.5, 0.6) is 0 Å². The van der Waals surface area contributed by atoms with Crippen molar-refractivity contribution in [2.24, 2.45) is 0 Å². The van der Waals surface area contributed by atoms with Crippen molar-refractivity contribution >= 4 is 60.8 Å². The van der Waals surface area contributed by atoms with Crippen LogP contribution < -0.4 is 0 Å². The van der Waals surface area contributed by atoms with E-state index in [9.17, 15) is 0 Å². The Morgan fingerprint density at radius 1 is 0.424 bits per heavy atom. The second-order valence-corrected chi connectivity index (χ2v) is 16.6. The molecule has 0 saturated heterocycles. The van der Waals surface area contributed by atoms with E-state index in [0.29, 0.717) is 5.25 Å². The Bertz CT molecular complexity index is 3360. The summed E-state index contributed by atoms with van der Waals surface area (Å²) in [6.45, 7) is 0. The molecule has 12 rings (SSSR count). The van der Waals surface area contributed by atoms with Crippen molar-refractivity contribution < 1.29 is 0 Å². The topological polar surface area (TPSA) is 38.7 Å². The third-order valence-corrected chi connectivity index (χ3v) is 13.4. The van der Waals surface area contributed by atoms with Crippen molar-refractivity contribution in [1.82, 2.24) is 15.0 Å². The highest BCUT2D eigenvalue weighted by atomic mass is 32.2. The van der Waals surface area contributed by atoms with Gasteiger partial charge in [0.2, 0.25) is 0 Å². The zero-order chi connectivity index (χ0) is 38.9. The number of nitrogens with zero attached hydrogens (tertiary/aromatic N) is 3. The van der Waals surface area contributed by atoms with Gasteiger partial charge in [0.05, 0.1) is 33.6 Å². The highest BCUT2D eigenvalue weighted by molar-refractivity contribution is 8.01. The van der Waals surface area contributed by atoms with Crippen LogP contribution in [0.1, 0.15) is 12.0 Å². The molecule has 1 atom stereocenters. The van der Waals surface area contributed by atoms with E-state index in [2.05, 4.69) is 188 Å². The molecule has 10 aromatic rings. The molecule has 3 nitrogen and oxygen atoms in total. The van der Waals surface area contributed by atoms with Crippen LogP contribution in [0.2, 0.25) is 0 Å². The molecule has 1 aliphatic carbocycles. The molecule has 4 heteroatoms. The van der Waals surface area contributed by atoms with Gasteiger partial charge in [-0.05, 0) is 51.6 Å². The summed E-state index contributed by atoms with van der Waals surface area (Å²) in [6.07, 6.45) is 7.83. The van der Waals surface area contributed by atoms with Crippen molar-refractivity contribution in [3.05, 3.63) is 200 Å². The van der Waals surface area contributed by atoms with Gasteiger partial charge in [-0.1, -0.05) is 182 Å². The first-order chi connectivity index (χ1) is 29.2. The molecule has 0 amide bonds. The Morgan fingerprint density at radius 2 is 1.00 bits per heavy atom. The predicted molar refractivity (Wildman–Crippen MR) is 248 cm³/mol. The fourth-order valence-corrected chi connectivity index (χ4v) is 10.4. The van der Waals surface area contributed by atoms with E-state index in [0.717, 1.165) is 78.6 Å². The van der Waals surface area contributed by atoms with Crippen LogP contribution in [-0.2, 0) is 0 Å². The number of rotatable bonds is 5. The summed E-state index contributed by atoms with van der Waals surface area (Å²) in [5, 5.41) is 6.28. The maximum absolute atomic E-state index is 5.61. The van der Waals surface area contributed by atoms with Gasteiger partial charge in [0, 0.05) is 54.1 Å². The highest BCUT2D eigenvalue weighted by Gasteiger charge is 2.33. The van der Waals surface area contributed by atoms with Crippen LogP contribution in [0, 0.1) is 0 Å². The lowest BCUT2D eigenvalue weighted by molar-refractivity contribution is 1.09. The van der Waals surface area contributed by atoms with Crippen molar-refractivity contribution in [2.75, 3.05) is 0 Å². The molecule has 0 bridgehead atoms. The molecule has 0 spiro atoms. The van der Waals surface area contributed by atoms with E-state index in [1.165, 1.54) is 43.3 Å². The third-order valence-electron chi connectivity index (χ3n) is 12.0. The van der Waals surface area contributed by atoms with Crippen LogP contribution in [0.15, 0.2) is 199 Å². The van der Waals surface area contributed by atoms with E-state index in [1.54, 1.807) is 0 Å². The summed E-state index contributed by atoms with van der Waals surface area (Å²) in [5.74, 6) is 0. The first-order valence-electron chi connectivity index (χ1n) is 20.2. The Balaban J connectivity index is 0.952. The Hall–Kier alpha value is -7.14. The van der Waals surface area contributed by atoms with Crippen LogP contribution in [0.3, 0.4) is 0 Å². The first kappa shape index (κ1) is 33.9. The van der Waals surface area contributed by atoms with Crippen LogP contribution >= 0.6 is 11.8 Å². The number of allylic oxidation sites excluding steroid dienone is 3. The Labute approximate surface area is 346 Å². The van der Waals surface area contributed by atoms with Gasteiger partial charge in [0.15, 0.2) is 0 Å². The zero-order valence-corrected chi connectivity index (χ0v) is 32.8. The van der Waals surface area contributed by atoms with E-state index < -0.39 is 0 Å². The average molecular weight is 770 g/mol. The number of hydrogen-bond acceptors (Lipinski definition) is 4. The summed E-state index contributed by atoms with van der Waals surface area (Å²) in [5.41, 5.74) is 16.4. The molecule has 0 radical (unpaired) electrons. The molecular weight excluding hydrogens is 735 g/mol. The van der Waals surface area contributed by atoms with Gasteiger partial charge in [-0.25, -0.2) is 15.0 Å². The minimum absolute atomic E-state index is 0.394. The number of aromatic nitrogens is 3. The van der Waals surface area contributed by atoms with Gasteiger partial charge >= 0.3 is 0 Å². The number of fused-ring (bicyclic) bond motifs is 9. The fourth-order valence-electron chi connectivity index (χ4n) is 9.00. The van der Waals surface area contributed by atoms with Gasteiger partial charge in [-0.2, -0.15) is 0 Å². The van der Waals surface area contributed by atoms with Gasteiger partial charge in [0.25, 0.3) is 0 Å². The zero-order valence-electron chi connectivity index (χ0n) is 32.0. The van der Waals surface area contributed by atoms with Gasteiger partial charge < -0.3 is 0 Å². The summed E-state index contributed by atoms with van der Waals surface area (Å²) < 4.78 is 0. The Morgan fingerprint density at radius 3 is 1.76 bits per heavy atom. The number of benzene rings is 7. The van der Waals surface area contributed by atoms with Crippen molar-refractivity contribution in [2.45, 2.75) is 16.6 Å². The molecule has 59 heavy (non-hydrogen) atoms. The van der Waals surface area contributed by atoms with E-state index in [-0.39, 0.29) is 0 Å². The molecule has 3 aromatic heterocycles. The molecule has 7 aromatic carbocycles. The first-order valence-corrected chi connectivity index (χ1v) is 21.1. The van der Waals surface area contributed by atoms with Crippen LogP contribution in [0.4, 0.5) is 0 Å². The molecule has 0 fully saturated rings. The summed E-state index contributed by atoms with van der Waals surface area (Å²) >= 11 is 1.99. The van der Waals surface area contributed by atoms with Crippen molar-refractivity contribution in [3.63, 3.8) is 0 Å². The normalized spacial score (nSPS) is 14.5. The smallest absolute Gasteiger partial charge is 0.0972 e. The number of hydrogen-bond donors (Lipinski definition) is 0. The number of thioether (sulfide) groups is 1. The van der Waals surface area contributed by atoms with Crippen molar-refractivity contribution in [1.29, 1.82) is 0 Å². The average Bonchev–Trinajstić information content (AvgIpc) is 3.71. The number of para-hydroxylation sites is 1. The summed E-state index contributed by atoms with van der Waals surface area (Å²) in [7, 11) is 0. The maximum Gasteiger partial charge on any atom is 0.0972 e. The predicted octanol–water partition coefficient (Wildman–Crippen LogP) is 14.6. The van der Waals surface area contributed by atoms with E-state index in [1.807, 2.05) is 17.8 Å². The molecule has 276 valence electrons. The second-order valence-electron chi connectivity index (χ2n) is 15.4. The molecule has 4 heterocycles. The quantitative estimate of drug-likeness (QED) is 0.163. The number of pyridine rings is 3. The molecule has 1 aliphatic heterocycles. The SMILES string of the molecule is C1=CCC2Sc3c(c(-c4ccc(-c5cccc6ccccc56)cc4)nc4c(-c5ccc(-c6ccc7ccc8ccc(-c9ccccc9)nc8c7n6)cc5)cccc34)C2=C1. The highest BCUT2D eigenvalue weighted by Crippen LogP contribution is 2.54. The maximum atomic E-state index is 5.61. The standard InChI is InChI=1S/C55H35N3S/c1-2-11-37(12-3-1)47-32-30-40-28-29-41-31-33-48(57-53(41)52(40)56-47)38-24-20-36(21-25-38)44-17-9-18-46-54(44)58-51(50-45-15-6-7-19-49(45)59-55(46)50)39-26-22-35(23-27-39)43-16-8-13-34-10-4-5-14-42(34)43/h1-18,20-33,49H,19H2. The lowest BCUT2D eigenvalue weighted by Crippen LogP contribution is -2.02. The molecule has 1 unspecified atom stereocenters. The molecule has 2 aliphatic rings. The third kappa shape index (κ3) is 5.71. The van der Waals surface area contributed by atoms with Crippen LogP contribution in [0.25, 0.3) is 105 Å². The molecule has 0 N–H and O–H groups in total. The fraction of sp³-hybridized carbons (Fsp3) is 0.0364. The van der Waals surface area contributed by atoms with Gasteiger partial charge in [0.1, 0.15) is 0 Å². The van der Waals surface area contributed by atoms with Gasteiger partial charge in [-0.3, -0.25) is 0 Å². The minimum atomic E-state index is 0.394. The monoisotopic (exact) mass is 769 g/mol.